The molecule has 0 amide bonds. The van der Waals surface area contributed by atoms with Crippen LogP contribution in [-0.2, 0) is 11.8 Å². The fourth-order valence-corrected chi connectivity index (χ4v) is 3.04. The molecule has 110 valence electrons. The van der Waals surface area contributed by atoms with Gasteiger partial charge >= 0.3 is 0 Å². The third-order valence-corrected chi connectivity index (χ3v) is 4.39. The van der Waals surface area contributed by atoms with E-state index in [0.717, 1.165) is 16.9 Å². The van der Waals surface area contributed by atoms with Crippen LogP contribution < -0.4 is 4.74 Å². The van der Waals surface area contributed by atoms with Gasteiger partial charge in [0.25, 0.3) is 0 Å². The molecule has 1 unspecified atom stereocenters. The van der Waals surface area contributed by atoms with Crippen molar-refractivity contribution in [2.24, 2.45) is 0 Å². The summed E-state index contributed by atoms with van der Waals surface area (Å²) in [6.07, 6.45) is 0.611. The van der Waals surface area contributed by atoms with Gasteiger partial charge in [0.05, 0.1) is 12.0 Å². The van der Waals surface area contributed by atoms with Crippen molar-refractivity contribution in [3.63, 3.8) is 0 Å². The van der Waals surface area contributed by atoms with Gasteiger partial charge in [-0.1, -0.05) is 32.0 Å². The lowest BCUT2D eigenvalue weighted by molar-refractivity contribution is 0.291. The Morgan fingerprint density at radius 3 is 2.81 bits per heavy atom. The minimum Gasteiger partial charge on any atom is -0.492 e. The average Bonchev–Trinajstić information content (AvgIpc) is 2.74. The van der Waals surface area contributed by atoms with E-state index in [2.05, 4.69) is 19.9 Å². The Kier molecular flexibility index (Phi) is 3.66. The first-order valence-corrected chi connectivity index (χ1v) is 7.55. The van der Waals surface area contributed by atoms with Crippen molar-refractivity contribution in [1.82, 2.24) is 0 Å². The molecule has 3 rings (SSSR count). The highest BCUT2D eigenvalue weighted by Crippen LogP contribution is 2.40. The quantitative estimate of drug-likeness (QED) is 0.724. The van der Waals surface area contributed by atoms with Gasteiger partial charge in [0, 0.05) is 11.0 Å². The van der Waals surface area contributed by atoms with Crippen LogP contribution in [0, 0.1) is 5.82 Å². The van der Waals surface area contributed by atoms with Crippen molar-refractivity contribution >= 4 is 11.6 Å². The Hall–Kier alpha value is -1.54. The van der Waals surface area contributed by atoms with Gasteiger partial charge in [-0.15, -0.1) is 11.6 Å². The van der Waals surface area contributed by atoms with Crippen LogP contribution >= 0.6 is 11.6 Å². The molecule has 3 heteroatoms. The Morgan fingerprint density at radius 1 is 1.24 bits per heavy atom. The van der Waals surface area contributed by atoms with Crippen LogP contribution in [0.1, 0.15) is 35.9 Å². The molecule has 2 aromatic rings. The number of fused-ring (bicyclic) bond motifs is 1. The number of hydrogen-bond acceptors (Lipinski definition) is 1. The summed E-state index contributed by atoms with van der Waals surface area (Å²) in [4.78, 5) is 0. The van der Waals surface area contributed by atoms with Crippen LogP contribution in [-0.4, -0.2) is 6.61 Å². The summed E-state index contributed by atoms with van der Waals surface area (Å²) in [5.74, 6) is 0.721. The molecule has 0 aliphatic carbocycles. The highest BCUT2D eigenvalue weighted by atomic mass is 35.5. The summed E-state index contributed by atoms with van der Waals surface area (Å²) in [6.45, 7) is 5.03. The van der Waals surface area contributed by atoms with Crippen molar-refractivity contribution in [1.29, 1.82) is 0 Å². The third kappa shape index (κ3) is 2.91. The molecule has 2 aromatic carbocycles. The largest absolute Gasteiger partial charge is 0.492 e. The lowest BCUT2D eigenvalue weighted by Gasteiger charge is -2.17. The van der Waals surface area contributed by atoms with E-state index in [1.165, 1.54) is 17.7 Å². The molecule has 0 radical (unpaired) electrons. The molecular formula is C18H18ClFO. The maximum atomic E-state index is 13.2. The molecular weight excluding hydrogens is 287 g/mol. The van der Waals surface area contributed by atoms with Crippen LogP contribution in [0.15, 0.2) is 42.5 Å². The van der Waals surface area contributed by atoms with Gasteiger partial charge in [-0.3, -0.25) is 0 Å². The summed E-state index contributed by atoms with van der Waals surface area (Å²) in [5, 5.41) is -0.173. The highest BCUT2D eigenvalue weighted by molar-refractivity contribution is 6.20. The standard InChI is InChI=1S/C18H18ClFO/c1-18(2)11-21-17-7-6-13(10-15(17)18)16(19)9-12-4-3-5-14(20)8-12/h3-8,10,16H,9,11H2,1-2H3. The zero-order chi connectivity index (χ0) is 15.0. The monoisotopic (exact) mass is 304 g/mol. The van der Waals surface area contributed by atoms with Crippen molar-refractivity contribution in [2.75, 3.05) is 6.61 Å². The second kappa shape index (κ2) is 5.34. The topological polar surface area (TPSA) is 9.23 Å². The Morgan fingerprint density at radius 2 is 2.05 bits per heavy atom. The molecule has 21 heavy (non-hydrogen) atoms. The van der Waals surface area contributed by atoms with Gasteiger partial charge in [-0.05, 0) is 41.8 Å². The fraction of sp³-hybridized carbons (Fsp3) is 0.333. The zero-order valence-electron chi connectivity index (χ0n) is 12.2. The van der Waals surface area contributed by atoms with Crippen LogP contribution in [0.4, 0.5) is 4.39 Å². The smallest absolute Gasteiger partial charge is 0.123 e. The summed E-state index contributed by atoms with van der Waals surface area (Å²) < 4.78 is 18.9. The van der Waals surface area contributed by atoms with Crippen molar-refractivity contribution in [3.05, 3.63) is 65.0 Å². The average molecular weight is 305 g/mol. The minimum absolute atomic E-state index is 0.0147. The first-order valence-electron chi connectivity index (χ1n) is 7.11. The predicted octanol–water partition coefficient (Wildman–Crippen LogP) is 5.02. The minimum atomic E-state index is -0.222. The summed E-state index contributed by atoms with van der Waals surface area (Å²) in [5.41, 5.74) is 3.18. The molecule has 0 saturated carbocycles. The van der Waals surface area contributed by atoms with Gasteiger partial charge in [0.1, 0.15) is 11.6 Å². The molecule has 1 aliphatic rings. The first-order chi connectivity index (χ1) is 9.95. The van der Waals surface area contributed by atoms with E-state index < -0.39 is 0 Å². The molecule has 0 fully saturated rings. The summed E-state index contributed by atoms with van der Waals surface area (Å²) >= 11 is 6.52. The van der Waals surface area contributed by atoms with E-state index in [-0.39, 0.29) is 16.6 Å². The van der Waals surface area contributed by atoms with Crippen LogP contribution in [0.3, 0.4) is 0 Å². The van der Waals surface area contributed by atoms with Gasteiger partial charge in [-0.25, -0.2) is 4.39 Å². The first kappa shape index (κ1) is 14.4. The number of rotatable bonds is 3. The highest BCUT2D eigenvalue weighted by Gasteiger charge is 2.32. The van der Waals surface area contributed by atoms with E-state index in [9.17, 15) is 4.39 Å². The van der Waals surface area contributed by atoms with Crippen molar-refractivity contribution in [2.45, 2.75) is 31.1 Å². The number of alkyl halides is 1. The van der Waals surface area contributed by atoms with E-state index in [1.807, 2.05) is 18.2 Å². The molecule has 0 spiro atoms. The maximum absolute atomic E-state index is 13.2. The van der Waals surface area contributed by atoms with Gasteiger partial charge < -0.3 is 4.74 Å². The predicted molar refractivity (Wildman–Crippen MR) is 83.7 cm³/mol. The summed E-state index contributed by atoms with van der Waals surface area (Å²) in [7, 11) is 0. The van der Waals surface area contributed by atoms with E-state index in [0.29, 0.717) is 13.0 Å². The number of ether oxygens (including phenoxy) is 1. The Balaban J connectivity index is 1.84. The van der Waals surface area contributed by atoms with E-state index >= 15 is 0 Å². The van der Waals surface area contributed by atoms with Crippen molar-refractivity contribution in [3.8, 4) is 5.75 Å². The van der Waals surface area contributed by atoms with Crippen LogP contribution in [0.5, 0.6) is 5.75 Å². The molecule has 0 saturated heterocycles. The zero-order valence-corrected chi connectivity index (χ0v) is 13.0. The lowest BCUT2D eigenvalue weighted by atomic mass is 9.85. The maximum Gasteiger partial charge on any atom is 0.123 e. The van der Waals surface area contributed by atoms with Crippen molar-refractivity contribution < 1.29 is 9.13 Å². The fourth-order valence-electron chi connectivity index (χ4n) is 2.72. The second-order valence-corrected chi connectivity index (χ2v) is 6.76. The number of benzene rings is 2. The second-order valence-electron chi connectivity index (χ2n) is 6.23. The molecule has 1 nitrogen and oxygen atoms in total. The molecule has 1 heterocycles. The molecule has 1 atom stereocenters. The Bertz CT molecular complexity index is 666. The third-order valence-electron chi connectivity index (χ3n) is 3.99. The molecule has 1 aliphatic heterocycles. The number of halogens is 2. The molecule has 0 N–H and O–H groups in total. The van der Waals surface area contributed by atoms with E-state index in [1.54, 1.807) is 6.07 Å². The SMILES string of the molecule is CC1(C)COc2ccc(C(Cl)Cc3cccc(F)c3)cc21. The normalized spacial score (nSPS) is 17.1. The van der Waals surface area contributed by atoms with Gasteiger partial charge in [-0.2, -0.15) is 0 Å². The number of hydrogen-bond donors (Lipinski definition) is 0. The van der Waals surface area contributed by atoms with E-state index in [4.69, 9.17) is 16.3 Å². The van der Waals surface area contributed by atoms with Crippen LogP contribution in [0.2, 0.25) is 0 Å². The lowest BCUT2D eigenvalue weighted by Crippen LogP contribution is -2.18. The van der Waals surface area contributed by atoms with Crippen LogP contribution in [0.25, 0.3) is 0 Å². The summed E-state index contributed by atoms with van der Waals surface area (Å²) in [6, 6.07) is 12.7. The van der Waals surface area contributed by atoms with Gasteiger partial charge in [0.2, 0.25) is 0 Å². The molecule has 0 aromatic heterocycles. The molecule has 0 bridgehead atoms. The Labute approximate surface area is 129 Å². The van der Waals surface area contributed by atoms with Gasteiger partial charge in [0.15, 0.2) is 0 Å².